The lowest BCUT2D eigenvalue weighted by atomic mass is 10.2. The topological polar surface area (TPSA) is 55.2 Å². The molecule has 0 fully saturated rings. The highest BCUT2D eigenvalue weighted by Gasteiger charge is 2.16. The van der Waals surface area contributed by atoms with Gasteiger partial charge in [0.1, 0.15) is 18.2 Å². The van der Waals surface area contributed by atoms with Gasteiger partial charge in [0.25, 0.3) is 0 Å². The maximum atomic E-state index is 13.8. The molecule has 0 atom stereocenters. The number of aryl methyl sites for hydroxylation is 1. The van der Waals surface area contributed by atoms with Crippen molar-refractivity contribution in [2.45, 2.75) is 13.5 Å². The first kappa shape index (κ1) is 15.3. The molecule has 0 aliphatic heterocycles. The van der Waals surface area contributed by atoms with E-state index in [1.54, 1.807) is 24.5 Å². The maximum absolute atomic E-state index is 13.8. The van der Waals surface area contributed by atoms with E-state index in [2.05, 4.69) is 15.2 Å². The van der Waals surface area contributed by atoms with Crippen LogP contribution in [-0.4, -0.2) is 19.6 Å². The number of ether oxygens (including phenoxy) is 1. The molecule has 0 aliphatic rings. The van der Waals surface area contributed by atoms with Crippen LogP contribution in [0.3, 0.4) is 0 Å². The monoisotopic (exact) mass is 340 g/mol. The molecule has 0 spiro atoms. The molecule has 0 aliphatic carbocycles. The maximum Gasteiger partial charge on any atom is 0.180 e. The van der Waals surface area contributed by atoms with Gasteiger partial charge in [0, 0.05) is 18.0 Å². The minimum absolute atomic E-state index is 0.108. The van der Waals surface area contributed by atoms with Crippen molar-refractivity contribution < 1.29 is 13.5 Å². The van der Waals surface area contributed by atoms with Crippen LogP contribution in [0.15, 0.2) is 48.9 Å². The Kier molecular flexibility index (Phi) is 3.68. The summed E-state index contributed by atoms with van der Waals surface area (Å²) in [5.41, 5.74) is 3.04. The summed E-state index contributed by atoms with van der Waals surface area (Å²) in [6.45, 7) is 1.67. The second kappa shape index (κ2) is 6.01. The smallest absolute Gasteiger partial charge is 0.180 e. The molecule has 0 bridgehead atoms. The fourth-order valence-corrected chi connectivity index (χ4v) is 2.82. The molecule has 0 saturated carbocycles. The minimum Gasteiger partial charge on any atom is -0.485 e. The fourth-order valence-electron chi connectivity index (χ4n) is 2.82. The number of nitrogens with one attached hydrogen (secondary N) is 1. The van der Waals surface area contributed by atoms with Gasteiger partial charge >= 0.3 is 0 Å². The van der Waals surface area contributed by atoms with Gasteiger partial charge in [-0.1, -0.05) is 6.07 Å². The second-order valence-electron chi connectivity index (χ2n) is 5.59. The summed E-state index contributed by atoms with van der Waals surface area (Å²) < 4.78 is 35.1. The largest absolute Gasteiger partial charge is 0.485 e. The molecule has 126 valence electrons. The summed E-state index contributed by atoms with van der Waals surface area (Å²) in [6, 6.07) is 7.26. The summed E-state index contributed by atoms with van der Waals surface area (Å²) in [4.78, 5) is 4.53. The Hall–Kier alpha value is -3.22. The number of H-pyrrole nitrogens is 1. The van der Waals surface area contributed by atoms with Gasteiger partial charge in [-0.3, -0.25) is 9.50 Å². The van der Waals surface area contributed by atoms with Crippen molar-refractivity contribution in [2.24, 2.45) is 0 Å². The molecular weight excluding hydrogens is 326 g/mol. The van der Waals surface area contributed by atoms with E-state index < -0.39 is 11.6 Å². The second-order valence-corrected chi connectivity index (χ2v) is 5.59. The molecule has 1 N–H and O–H groups in total. The summed E-state index contributed by atoms with van der Waals surface area (Å²) in [5.74, 6) is -0.820. The van der Waals surface area contributed by atoms with Gasteiger partial charge in [-0.05, 0) is 31.2 Å². The summed E-state index contributed by atoms with van der Waals surface area (Å²) in [6.07, 6.45) is 5.34. The molecule has 1 aromatic carbocycles. The molecule has 0 saturated heterocycles. The highest BCUT2D eigenvalue weighted by atomic mass is 19.1. The van der Waals surface area contributed by atoms with Crippen LogP contribution < -0.4 is 4.74 Å². The molecule has 3 aromatic heterocycles. The van der Waals surface area contributed by atoms with Gasteiger partial charge in [-0.2, -0.15) is 5.10 Å². The number of halogens is 2. The normalized spacial score (nSPS) is 11.2. The van der Waals surface area contributed by atoms with Crippen molar-refractivity contribution in [3.63, 3.8) is 0 Å². The van der Waals surface area contributed by atoms with Crippen LogP contribution in [0.1, 0.15) is 11.3 Å². The lowest BCUT2D eigenvalue weighted by Gasteiger charge is -2.09. The highest BCUT2D eigenvalue weighted by molar-refractivity contribution is 5.69. The average molecular weight is 340 g/mol. The lowest BCUT2D eigenvalue weighted by Crippen LogP contribution is -2.03. The van der Waals surface area contributed by atoms with E-state index in [0.717, 1.165) is 17.0 Å². The predicted octanol–water partition coefficient (Wildman–Crippen LogP) is 3.89. The highest BCUT2D eigenvalue weighted by Crippen LogP contribution is 2.29. The van der Waals surface area contributed by atoms with Crippen LogP contribution in [0, 0.1) is 18.6 Å². The minimum atomic E-state index is -0.634. The van der Waals surface area contributed by atoms with Crippen LogP contribution in [0.2, 0.25) is 0 Å². The summed E-state index contributed by atoms with van der Waals surface area (Å²) >= 11 is 0. The molecule has 4 aromatic rings. The molecule has 7 heteroatoms. The predicted molar refractivity (Wildman–Crippen MR) is 88.2 cm³/mol. The van der Waals surface area contributed by atoms with Gasteiger partial charge in [-0.15, -0.1) is 0 Å². The van der Waals surface area contributed by atoms with E-state index in [0.29, 0.717) is 11.4 Å². The zero-order valence-electron chi connectivity index (χ0n) is 13.3. The number of pyridine rings is 1. The zero-order valence-corrected chi connectivity index (χ0v) is 13.3. The lowest BCUT2D eigenvalue weighted by molar-refractivity contribution is 0.294. The first-order chi connectivity index (χ1) is 12.1. The van der Waals surface area contributed by atoms with E-state index in [-0.39, 0.29) is 12.2 Å². The SMILES string of the molecule is Cc1nc2c(OCc3c(F)cccc3F)cccn2c1-c1cn[nH]c1. The first-order valence-corrected chi connectivity index (χ1v) is 7.67. The molecule has 0 unspecified atom stereocenters. The third kappa shape index (κ3) is 2.63. The van der Waals surface area contributed by atoms with Crippen LogP contribution in [0.5, 0.6) is 5.75 Å². The van der Waals surface area contributed by atoms with Gasteiger partial charge in [0.15, 0.2) is 11.4 Å². The van der Waals surface area contributed by atoms with Crippen molar-refractivity contribution in [3.8, 4) is 17.0 Å². The number of rotatable bonds is 4. The molecule has 4 rings (SSSR count). The van der Waals surface area contributed by atoms with E-state index >= 15 is 0 Å². The van der Waals surface area contributed by atoms with Gasteiger partial charge < -0.3 is 4.74 Å². The van der Waals surface area contributed by atoms with Gasteiger partial charge in [-0.25, -0.2) is 13.8 Å². The van der Waals surface area contributed by atoms with Gasteiger partial charge in [0.2, 0.25) is 0 Å². The average Bonchev–Trinajstić information content (AvgIpc) is 3.21. The molecule has 25 heavy (non-hydrogen) atoms. The van der Waals surface area contributed by atoms with Gasteiger partial charge in [0.05, 0.1) is 23.1 Å². The Morgan fingerprint density at radius 2 is 1.96 bits per heavy atom. The number of benzene rings is 1. The van der Waals surface area contributed by atoms with Crippen molar-refractivity contribution in [3.05, 3.63) is 71.8 Å². The van der Waals surface area contributed by atoms with E-state index in [4.69, 9.17) is 4.74 Å². The number of hydrogen-bond donors (Lipinski definition) is 1. The van der Waals surface area contributed by atoms with Crippen LogP contribution in [-0.2, 0) is 6.61 Å². The Morgan fingerprint density at radius 3 is 2.68 bits per heavy atom. The van der Waals surface area contributed by atoms with Crippen molar-refractivity contribution in [1.29, 1.82) is 0 Å². The standard InChI is InChI=1S/C18H14F2N4O/c1-11-17(12-8-21-22-9-12)24-7-3-6-16(18(24)23-11)25-10-13-14(19)4-2-5-15(13)20/h2-9H,10H2,1H3,(H,21,22). The Morgan fingerprint density at radius 1 is 1.16 bits per heavy atom. The third-order valence-electron chi connectivity index (χ3n) is 3.99. The van der Waals surface area contributed by atoms with Crippen molar-refractivity contribution in [2.75, 3.05) is 0 Å². The Bertz CT molecular complexity index is 1020. The number of fused-ring (bicyclic) bond motifs is 1. The number of imidazole rings is 1. The van der Waals surface area contributed by atoms with E-state index in [1.807, 2.05) is 17.5 Å². The fraction of sp³-hybridized carbons (Fsp3) is 0.111. The Labute approximate surface area is 141 Å². The van der Waals surface area contributed by atoms with Crippen molar-refractivity contribution in [1.82, 2.24) is 19.6 Å². The van der Waals surface area contributed by atoms with E-state index in [9.17, 15) is 8.78 Å². The zero-order chi connectivity index (χ0) is 17.4. The molecule has 5 nitrogen and oxygen atoms in total. The summed E-state index contributed by atoms with van der Waals surface area (Å²) in [5, 5.41) is 6.74. The third-order valence-corrected chi connectivity index (χ3v) is 3.99. The number of aromatic amines is 1. The molecule has 0 amide bonds. The molecular formula is C18H14F2N4O. The quantitative estimate of drug-likeness (QED) is 0.613. The molecule has 0 radical (unpaired) electrons. The Balaban J connectivity index is 1.73. The number of hydrogen-bond acceptors (Lipinski definition) is 3. The number of aromatic nitrogens is 4. The van der Waals surface area contributed by atoms with Crippen LogP contribution in [0.4, 0.5) is 8.78 Å². The summed E-state index contributed by atoms with van der Waals surface area (Å²) in [7, 11) is 0. The first-order valence-electron chi connectivity index (χ1n) is 7.67. The van der Waals surface area contributed by atoms with E-state index in [1.165, 1.54) is 18.2 Å². The van der Waals surface area contributed by atoms with Crippen LogP contribution in [0.25, 0.3) is 16.9 Å². The number of nitrogens with zero attached hydrogens (tertiary/aromatic N) is 3. The molecule has 3 heterocycles. The van der Waals surface area contributed by atoms with Crippen LogP contribution >= 0.6 is 0 Å². The van der Waals surface area contributed by atoms with Crippen molar-refractivity contribution >= 4 is 5.65 Å².